The van der Waals surface area contributed by atoms with Gasteiger partial charge in [-0.2, -0.15) is 0 Å². The Kier molecular flexibility index (Phi) is 3.10. The van der Waals surface area contributed by atoms with Crippen LogP contribution in [0.1, 0.15) is 23.2 Å². The molecular weight excluding hydrogens is 312 g/mol. The van der Waals surface area contributed by atoms with Crippen LogP contribution in [0.2, 0.25) is 0 Å². The molecule has 0 unspecified atom stereocenters. The minimum Gasteiger partial charge on any atom is -0.367 e. The standard InChI is InChI=1S/C20H20N4O/c25-19(15-4-2-1-3-5-15)24-13-12-23(14-20(24)8-9-20)17-7-11-22-18-16(17)6-10-21-18/h1-7,10-11H,8-9,12-14H2,(H,21,22). The quantitative estimate of drug-likeness (QED) is 0.785. The highest BCUT2D eigenvalue weighted by Gasteiger charge is 2.53. The van der Waals surface area contributed by atoms with Crippen LogP contribution in [0.25, 0.3) is 11.0 Å². The fourth-order valence-corrected chi connectivity index (χ4v) is 4.03. The van der Waals surface area contributed by atoms with Gasteiger partial charge >= 0.3 is 0 Å². The molecule has 126 valence electrons. The van der Waals surface area contributed by atoms with Crippen molar-refractivity contribution >= 4 is 22.6 Å². The van der Waals surface area contributed by atoms with E-state index in [4.69, 9.17) is 0 Å². The van der Waals surface area contributed by atoms with Gasteiger partial charge in [-0.3, -0.25) is 4.79 Å². The van der Waals surface area contributed by atoms with Crippen LogP contribution in [0.5, 0.6) is 0 Å². The first-order valence-corrected chi connectivity index (χ1v) is 8.81. The molecule has 0 bridgehead atoms. The third kappa shape index (κ3) is 2.30. The van der Waals surface area contributed by atoms with Gasteiger partial charge in [0.05, 0.1) is 5.54 Å². The van der Waals surface area contributed by atoms with Gasteiger partial charge in [0.1, 0.15) is 5.65 Å². The van der Waals surface area contributed by atoms with Gasteiger partial charge in [-0.15, -0.1) is 0 Å². The first-order valence-electron chi connectivity index (χ1n) is 8.81. The Labute approximate surface area is 146 Å². The lowest BCUT2D eigenvalue weighted by Crippen LogP contribution is -2.57. The Hall–Kier alpha value is -2.82. The summed E-state index contributed by atoms with van der Waals surface area (Å²) in [4.78, 5) is 25.1. The molecule has 1 aliphatic heterocycles. The molecular formula is C20H20N4O. The van der Waals surface area contributed by atoms with E-state index < -0.39 is 0 Å². The van der Waals surface area contributed by atoms with Crippen molar-refractivity contribution in [2.45, 2.75) is 18.4 Å². The van der Waals surface area contributed by atoms with E-state index in [9.17, 15) is 4.79 Å². The Bertz CT molecular complexity index is 929. The number of fused-ring (bicyclic) bond motifs is 1. The first-order chi connectivity index (χ1) is 12.3. The highest BCUT2D eigenvalue weighted by atomic mass is 16.2. The number of anilines is 1. The van der Waals surface area contributed by atoms with Crippen LogP contribution in [0.15, 0.2) is 54.9 Å². The summed E-state index contributed by atoms with van der Waals surface area (Å²) in [6.45, 7) is 2.52. The van der Waals surface area contributed by atoms with Crippen LogP contribution in [0.4, 0.5) is 5.69 Å². The second-order valence-corrected chi connectivity index (χ2v) is 7.04. The number of benzene rings is 1. The zero-order valence-electron chi connectivity index (χ0n) is 14.0. The molecule has 2 aliphatic rings. The molecule has 5 nitrogen and oxygen atoms in total. The minimum absolute atomic E-state index is 0.00290. The summed E-state index contributed by atoms with van der Waals surface area (Å²) < 4.78 is 0. The zero-order valence-corrected chi connectivity index (χ0v) is 14.0. The monoisotopic (exact) mass is 332 g/mol. The molecule has 1 amide bonds. The molecule has 1 saturated heterocycles. The summed E-state index contributed by atoms with van der Waals surface area (Å²) in [6, 6.07) is 13.8. The van der Waals surface area contributed by atoms with Crippen LogP contribution in [0.3, 0.4) is 0 Å². The van der Waals surface area contributed by atoms with Crippen molar-refractivity contribution in [2.75, 3.05) is 24.5 Å². The predicted octanol–water partition coefficient (Wildman–Crippen LogP) is 3.06. The summed E-state index contributed by atoms with van der Waals surface area (Å²) >= 11 is 0. The summed E-state index contributed by atoms with van der Waals surface area (Å²) in [7, 11) is 0. The average molecular weight is 332 g/mol. The van der Waals surface area contributed by atoms with Gasteiger partial charge < -0.3 is 14.8 Å². The number of H-pyrrole nitrogens is 1. The SMILES string of the molecule is O=C(c1ccccc1)N1CCN(c2ccnc3[nH]ccc23)CC12CC2. The highest BCUT2D eigenvalue weighted by Crippen LogP contribution is 2.46. The molecule has 2 fully saturated rings. The van der Waals surface area contributed by atoms with E-state index >= 15 is 0 Å². The lowest BCUT2D eigenvalue weighted by Gasteiger charge is -2.43. The average Bonchev–Trinajstić information content (AvgIpc) is 3.24. The third-order valence-corrected chi connectivity index (χ3v) is 5.52. The van der Waals surface area contributed by atoms with Crippen molar-refractivity contribution in [1.29, 1.82) is 0 Å². The maximum Gasteiger partial charge on any atom is 0.254 e. The van der Waals surface area contributed by atoms with Crippen LogP contribution < -0.4 is 4.90 Å². The lowest BCUT2D eigenvalue weighted by molar-refractivity contribution is 0.0625. The van der Waals surface area contributed by atoms with Crippen LogP contribution in [-0.4, -0.2) is 45.9 Å². The van der Waals surface area contributed by atoms with Crippen molar-refractivity contribution < 1.29 is 4.79 Å². The zero-order chi connectivity index (χ0) is 16.9. The number of hydrogen-bond donors (Lipinski definition) is 1. The van der Waals surface area contributed by atoms with Crippen LogP contribution in [-0.2, 0) is 0 Å². The van der Waals surface area contributed by atoms with Crippen LogP contribution >= 0.6 is 0 Å². The van der Waals surface area contributed by atoms with Gasteiger partial charge in [0.2, 0.25) is 0 Å². The van der Waals surface area contributed by atoms with Crippen molar-refractivity contribution in [2.24, 2.45) is 0 Å². The fourth-order valence-electron chi connectivity index (χ4n) is 4.03. The van der Waals surface area contributed by atoms with Crippen molar-refractivity contribution in [3.8, 4) is 0 Å². The smallest absolute Gasteiger partial charge is 0.254 e. The van der Waals surface area contributed by atoms with Crippen molar-refractivity contribution in [1.82, 2.24) is 14.9 Å². The largest absolute Gasteiger partial charge is 0.367 e. The Morgan fingerprint density at radius 3 is 2.72 bits per heavy atom. The number of carbonyl (C=O) groups is 1. The topological polar surface area (TPSA) is 52.2 Å². The number of nitrogens with one attached hydrogen (secondary N) is 1. The van der Waals surface area contributed by atoms with Gasteiger partial charge in [0.15, 0.2) is 0 Å². The molecule has 1 aromatic carbocycles. The molecule has 3 aromatic rings. The van der Waals surface area contributed by atoms with E-state index in [1.54, 1.807) is 0 Å². The maximum atomic E-state index is 13.0. The van der Waals surface area contributed by atoms with E-state index in [2.05, 4.69) is 31.9 Å². The highest BCUT2D eigenvalue weighted by molar-refractivity contribution is 5.95. The second kappa shape index (κ2) is 5.34. The number of aromatic amines is 1. The number of pyridine rings is 1. The normalized spacial score (nSPS) is 18.7. The molecule has 1 N–H and O–H groups in total. The Morgan fingerprint density at radius 1 is 1.08 bits per heavy atom. The van der Waals surface area contributed by atoms with E-state index in [-0.39, 0.29) is 11.4 Å². The van der Waals surface area contributed by atoms with Gasteiger partial charge in [0, 0.05) is 48.7 Å². The van der Waals surface area contributed by atoms with Crippen molar-refractivity contribution in [3.63, 3.8) is 0 Å². The molecule has 5 rings (SSSR count). The van der Waals surface area contributed by atoms with Gasteiger partial charge in [0.25, 0.3) is 5.91 Å². The van der Waals surface area contributed by atoms with E-state index in [0.717, 1.165) is 49.1 Å². The fraction of sp³-hybridized carbons (Fsp3) is 0.300. The number of amides is 1. The summed E-state index contributed by atoms with van der Waals surface area (Å²) in [5.74, 6) is 0.166. The number of hydrogen-bond acceptors (Lipinski definition) is 3. The maximum absolute atomic E-state index is 13.0. The molecule has 0 atom stereocenters. The summed E-state index contributed by atoms with van der Waals surface area (Å²) in [6.07, 6.45) is 5.96. The minimum atomic E-state index is -0.00290. The number of carbonyl (C=O) groups excluding carboxylic acids is 1. The first kappa shape index (κ1) is 14.5. The van der Waals surface area contributed by atoms with Gasteiger partial charge in [-0.1, -0.05) is 18.2 Å². The number of nitrogens with zero attached hydrogens (tertiary/aromatic N) is 3. The molecule has 1 aliphatic carbocycles. The molecule has 3 heterocycles. The molecule has 2 aromatic heterocycles. The molecule has 0 radical (unpaired) electrons. The summed E-state index contributed by atoms with van der Waals surface area (Å²) in [5, 5.41) is 1.15. The second-order valence-electron chi connectivity index (χ2n) is 7.04. The molecule has 1 saturated carbocycles. The summed E-state index contributed by atoms with van der Waals surface area (Å²) in [5.41, 5.74) is 2.92. The Morgan fingerprint density at radius 2 is 1.92 bits per heavy atom. The number of piperazine rings is 1. The predicted molar refractivity (Wildman–Crippen MR) is 97.8 cm³/mol. The molecule has 5 heteroatoms. The van der Waals surface area contributed by atoms with E-state index in [1.807, 2.05) is 42.7 Å². The lowest BCUT2D eigenvalue weighted by atomic mass is 10.1. The molecule has 25 heavy (non-hydrogen) atoms. The Balaban J connectivity index is 1.43. The van der Waals surface area contributed by atoms with Crippen molar-refractivity contribution in [3.05, 3.63) is 60.4 Å². The molecule has 1 spiro atoms. The number of aromatic nitrogens is 2. The van der Waals surface area contributed by atoms with Crippen LogP contribution in [0, 0.1) is 0 Å². The van der Waals surface area contributed by atoms with Gasteiger partial charge in [-0.25, -0.2) is 4.98 Å². The van der Waals surface area contributed by atoms with E-state index in [0.29, 0.717) is 0 Å². The van der Waals surface area contributed by atoms with E-state index in [1.165, 1.54) is 5.69 Å². The van der Waals surface area contributed by atoms with Gasteiger partial charge in [-0.05, 0) is 37.1 Å². The third-order valence-electron chi connectivity index (χ3n) is 5.52. The number of rotatable bonds is 2.